The summed E-state index contributed by atoms with van der Waals surface area (Å²) < 4.78 is 36.6. The maximum atomic E-state index is 15.3. The first kappa shape index (κ1) is 22.9. The Hall–Kier alpha value is -3.85. The fraction of sp³-hybridized carbons (Fsp3) is 0.269. The number of benzene rings is 2. The molecular formula is C26H25F2N5O2. The van der Waals surface area contributed by atoms with Crippen molar-refractivity contribution in [1.82, 2.24) is 14.8 Å². The van der Waals surface area contributed by atoms with Crippen molar-refractivity contribution < 1.29 is 18.3 Å². The number of hydrogen-bond acceptors (Lipinski definition) is 6. The summed E-state index contributed by atoms with van der Waals surface area (Å²) in [6, 6.07) is 9.28. The molecule has 0 aliphatic carbocycles. The Bertz CT molecular complexity index is 1340. The van der Waals surface area contributed by atoms with E-state index in [0.717, 1.165) is 11.3 Å². The number of carbonyl (C=O) groups is 1. The quantitative estimate of drug-likeness (QED) is 0.394. The van der Waals surface area contributed by atoms with Gasteiger partial charge in [-0.05, 0) is 44.3 Å². The molecule has 35 heavy (non-hydrogen) atoms. The predicted molar refractivity (Wildman–Crippen MR) is 130 cm³/mol. The minimum absolute atomic E-state index is 0.0295. The fourth-order valence-electron chi connectivity index (χ4n) is 4.64. The first-order valence-electron chi connectivity index (χ1n) is 11.2. The van der Waals surface area contributed by atoms with Gasteiger partial charge in [0.15, 0.2) is 0 Å². The van der Waals surface area contributed by atoms with Gasteiger partial charge in [0, 0.05) is 61.0 Å². The molecule has 3 heterocycles. The van der Waals surface area contributed by atoms with E-state index in [1.54, 1.807) is 56.6 Å². The third-order valence-electron chi connectivity index (χ3n) is 6.43. The lowest BCUT2D eigenvalue weighted by Gasteiger charge is -2.43. The van der Waals surface area contributed by atoms with Gasteiger partial charge >= 0.3 is 6.05 Å². The molecule has 0 spiro atoms. The van der Waals surface area contributed by atoms with Gasteiger partial charge in [-0.25, -0.2) is 0 Å². The van der Waals surface area contributed by atoms with Crippen LogP contribution in [0, 0.1) is 5.41 Å². The predicted octanol–water partition coefficient (Wildman–Crippen LogP) is 4.79. The SMILES string of the molecule is CNc1cc(Oc2ccnc(-c3ccc4c(c3)C(F)(F)N(C3CN(C)C3)C4=O)c2)ccc1C(C)=N. The molecule has 3 aromatic rings. The minimum atomic E-state index is -3.37. The van der Waals surface area contributed by atoms with E-state index in [4.69, 9.17) is 10.1 Å². The van der Waals surface area contributed by atoms with Gasteiger partial charge in [0.1, 0.15) is 11.5 Å². The number of amides is 1. The molecule has 9 heteroatoms. The topological polar surface area (TPSA) is 81.6 Å². The summed E-state index contributed by atoms with van der Waals surface area (Å²) in [5.74, 6) is 0.408. The molecule has 2 aliphatic rings. The molecular weight excluding hydrogens is 452 g/mol. The van der Waals surface area contributed by atoms with Crippen molar-refractivity contribution in [2.45, 2.75) is 19.0 Å². The third-order valence-corrected chi connectivity index (χ3v) is 6.43. The van der Waals surface area contributed by atoms with E-state index < -0.39 is 18.0 Å². The summed E-state index contributed by atoms with van der Waals surface area (Å²) in [5, 5.41) is 10.9. The van der Waals surface area contributed by atoms with Crippen LogP contribution in [0.25, 0.3) is 11.3 Å². The molecule has 0 atom stereocenters. The number of anilines is 1. The molecule has 1 amide bonds. The van der Waals surface area contributed by atoms with Crippen molar-refractivity contribution in [3.8, 4) is 22.8 Å². The number of fused-ring (bicyclic) bond motifs is 1. The van der Waals surface area contributed by atoms with E-state index in [1.807, 2.05) is 11.9 Å². The number of ether oxygens (including phenoxy) is 1. The van der Waals surface area contributed by atoms with Crippen LogP contribution in [-0.4, -0.2) is 59.6 Å². The number of nitrogens with zero attached hydrogens (tertiary/aromatic N) is 3. The normalized spacial score (nSPS) is 17.2. The van der Waals surface area contributed by atoms with Gasteiger partial charge in [0.2, 0.25) is 0 Å². The number of carbonyl (C=O) groups excluding carboxylic acids is 1. The zero-order valence-electron chi connectivity index (χ0n) is 19.6. The Morgan fingerprint density at radius 2 is 1.89 bits per heavy atom. The van der Waals surface area contributed by atoms with Crippen LogP contribution >= 0.6 is 0 Å². The van der Waals surface area contributed by atoms with E-state index in [0.29, 0.717) is 46.5 Å². The Morgan fingerprint density at radius 1 is 1.14 bits per heavy atom. The molecule has 2 aliphatic heterocycles. The van der Waals surface area contributed by atoms with Gasteiger partial charge in [-0.15, -0.1) is 0 Å². The highest BCUT2D eigenvalue weighted by molar-refractivity contribution is 6.01. The van der Waals surface area contributed by atoms with Crippen LogP contribution in [-0.2, 0) is 6.05 Å². The van der Waals surface area contributed by atoms with Gasteiger partial charge < -0.3 is 20.4 Å². The van der Waals surface area contributed by atoms with Gasteiger partial charge in [-0.2, -0.15) is 8.78 Å². The number of alkyl halides is 2. The lowest BCUT2D eigenvalue weighted by atomic mass is 10.0. The summed E-state index contributed by atoms with van der Waals surface area (Å²) in [5.41, 5.74) is 2.63. The maximum absolute atomic E-state index is 15.3. The smallest absolute Gasteiger partial charge is 0.356 e. The summed E-state index contributed by atoms with van der Waals surface area (Å²) >= 11 is 0. The van der Waals surface area contributed by atoms with E-state index in [-0.39, 0.29) is 11.1 Å². The van der Waals surface area contributed by atoms with Crippen molar-refractivity contribution in [2.75, 3.05) is 32.5 Å². The van der Waals surface area contributed by atoms with Gasteiger partial charge in [-0.3, -0.25) is 14.7 Å². The number of likely N-dealkylation sites (N-methyl/N-ethyl adjacent to an activating group) is 1. The van der Waals surface area contributed by atoms with Crippen molar-refractivity contribution >= 4 is 17.3 Å². The molecule has 0 saturated carbocycles. The van der Waals surface area contributed by atoms with Crippen LogP contribution in [0.4, 0.5) is 14.5 Å². The highest BCUT2D eigenvalue weighted by atomic mass is 19.3. The summed E-state index contributed by atoms with van der Waals surface area (Å²) in [7, 11) is 3.61. The average Bonchev–Trinajstić information content (AvgIpc) is 3.01. The van der Waals surface area contributed by atoms with Crippen LogP contribution in [0.1, 0.15) is 28.4 Å². The molecule has 7 nitrogen and oxygen atoms in total. The van der Waals surface area contributed by atoms with Crippen molar-refractivity contribution in [1.29, 1.82) is 5.41 Å². The monoisotopic (exact) mass is 477 g/mol. The van der Waals surface area contributed by atoms with Crippen molar-refractivity contribution in [3.05, 3.63) is 71.4 Å². The van der Waals surface area contributed by atoms with Gasteiger partial charge in [0.05, 0.1) is 22.9 Å². The van der Waals surface area contributed by atoms with E-state index in [9.17, 15) is 4.79 Å². The standard InChI is InChI=1S/C26H25F2N5O2/c1-15(29)20-7-5-18(12-24(20)30-2)35-19-8-9-31-23(11-19)16-4-6-21-22(10-16)26(27,28)33(25(21)34)17-13-32(3)14-17/h4-12,17,29-30H,13-14H2,1-3H3. The lowest BCUT2D eigenvalue weighted by molar-refractivity contribution is -0.156. The number of halogens is 2. The molecule has 180 valence electrons. The highest BCUT2D eigenvalue weighted by Crippen LogP contribution is 2.45. The number of nitrogens with one attached hydrogen (secondary N) is 2. The van der Waals surface area contributed by atoms with Gasteiger partial charge in [-0.1, -0.05) is 6.07 Å². The van der Waals surface area contributed by atoms with Crippen LogP contribution in [0.2, 0.25) is 0 Å². The Balaban J connectivity index is 1.43. The highest BCUT2D eigenvalue weighted by Gasteiger charge is 2.56. The van der Waals surface area contributed by atoms with Crippen molar-refractivity contribution in [3.63, 3.8) is 0 Å². The fourth-order valence-corrected chi connectivity index (χ4v) is 4.64. The largest absolute Gasteiger partial charge is 0.457 e. The lowest BCUT2D eigenvalue weighted by Crippen LogP contribution is -2.61. The summed E-state index contributed by atoms with van der Waals surface area (Å²) in [6.45, 7) is 2.57. The molecule has 0 bridgehead atoms. The van der Waals surface area contributed by atoms with Crippen LogP contribution in [0.5, 0.6) is 11.5 Å². The van der Waals surface area contributed by atoms with E-state index in [1.165, 1.54) is 12.1 Å². The Labute approximate surface area is 201 Å². The van der Waals surface area contributed by atoms with Crippen LogP contribution < -0.4 is 10.1 Å². The molecule has 2 N–H and O–H groups in total. The number of pyridine rings is 1. The molecule has 1 saturated heterocycles. The second-order valence-electron chi connectivity index (χ2n) is 8.91. The molecule has 1 aromatic heterocycles. The first-order valence-corrected chi connectivity index (χ1v) is 11.2. The minimum Gasteiger partial charge on any atom is -0.457 e. The zero-order valence-corrected chi connectivity index (χ0v) is 19.6. The summed E-state index contributed by atoms with van der Waals surface area (Å²) in [4.78, 5) is 19.7. The molecule has 2 aromatic carbocycles. The average molecular weight is 478 g/mol. The molecule has 5 rings (SSSR count). The summed E-state index contributed by atoms with van der Waals surface area (Å²) in [6.07, 6.45) is 1.55. The van der Waals surface area contributed by atoms with Crippen LogP contribution in [0.3, 0.4) is 0 Å². The first-order chi connectivity index (χ1) is 16.7. The molecule has 1 fully saturated rings. The zero-order chi connectivity index (χ0) is 24.9. The molecule has 0 unspecified atom stereocenters. The van der Waals surface area contributed by atoms with E-state index >= 15 is 8.78 Å². The number of likely N-dealkylation sites (tertiary alicyclic amines) is 1. The van der Waals surface area contributed by atoms with Gasteiger partial charge in [0.25, 0.3) is 5.91 Å². The number of aromatic nitrogens is 1. The second kappa shape index (κ2) is 8.42. The number of hydrogen-bond donors (Lipinski definition) is 2. The Kier molecular flexibility index (Phi) is 5.52. The Morgan fingerprint density at radius 3 is 2.57 bits per heavy atom. The van der Waals surface area contributed by atoms with Crippen LogP contribution in [0.15, 0.2) is 54.7 Å². The second-order valence-corrected chi connectivity index (χ2v) is 8.91. The number of rotatable bonds is 6. The molecule has 0 radical (unpaired) electrons. The third kappa shape index (κ3) is 3.91. The van der Waals surface area contributed by atoms with E-state index in [2.05, 4.69) is 10.3 Å². The maximum Gasteiger partial charge on any atom is 0.356 e. The van der Waals surface area contributed by atoms with Crippen molar-refractivity contribution in [2.24, 2.45) is 0 Å².